The lowest BCUT2D eigenvalue weighted by Crippen LogP contribution is -2.15. The molecule has 0 radical (unpaired) electrons. The normalized spacial score (nSPS) is 10.9. The largest absolute Gasteiger partial charge is 0.490 e. The third-order valence-corrected chi connectivity index (χ3v) is 5.22. The number of nitrogens with zero attached hydrogens (tertiary/aromatic N) is 1. The van der Waals surface area contributed by atoms with Crippen LogP contribution in [-0.4, -0.2) is 26.6 Å². The van der Waals surface area contributed by atoms with Crippen LogP contribution in [-0.2, 0) is 10.0 Å². The second-order valence-electron chi connectivity index (χ2n) is 5.86. The molecule has 0 amide bonds. The number of benzene rings is 3. The number of anilines is 1. The molecule has 8 nitrogen and oxygen atoms in total. The molecule has 3 aromatic rings. The Hall–Kier alpha value is -3.59. The van der Waals surface area contributed by atoms with E-state index in [2.05, 4.69) is 4.72 Å². The zero-order valence-corrected chi connectivity index (χ0v) is 16.0. The molecule has 0 saturated carbocycles. The van der Waals surface area contributed by atoms with E-state index < -0.39 is 14.9 Å². The van der Waals surface area contributed by atoms with E-state index in [0.29, 0.717) is 11.5 Å². The summed E-state index contributed by atoms with van der Waals surface area (Å²) < 4.78 is 38.8. The lowest BCUT2D eigenvalue weighted by atomic mass is 10.3. The van der Waals surface area contributed by atoms with Crippen molar-refractivity contribution in [3.05, 3.63) is 89.0 Å². The average Bonchev–Trinajstić information content (AvgIpc) is 2.73. The van der Waals surface area contributed by atoms with Crippen molar-refractivity contribution in [2.45, 2.75) is 4.90 Å². The molecular formula is C20H18N2O6S. The summed E-state index contributed by atoms with van der Waals surface area (Å²) in [5.41, 5.74) is 0.0664. The van der Waals surface area contributed by atoms with Crippen LogP contribution in [0.3, 0.4) is 0 Å². The van der Waals surface area contributed by atoms with Gasteiger partial charge in [0.25, 0.3) is 15.7 Å². The van der Waals surface area contributed by atoms with Gasteiger partial charge in [-0.1, -0.05) is 30.3 Å². The highest BCUT2D eigenvalue weighted by molar-refractivity contribution is 7.92. The van der Waals surface area contributed by atoms with E-state index in [-0.39, 0.29) is 29.5 Å². The van der Waals surface area contributed by atoms with Crippen molar-refractivity contribution >= 4 is 21.4 Å². The van der Waals surface area contributed by atoms with Gasteiger partial charge < -0.3 is 9.47 Å². The van der Waals surface area contributed by atoms with Gasteiger partial charge in [-0.3, -0.25) is 14.8 Å². The van der Waals surface area contributed by atoms with Crippen molar-refractivity contribution in [3.8, 4) is 11.5 Å². The van der Waals surface area contributed by atoms with Gasteiger partial charge in [0.1, 0.15) is 24.7 Å². The number of ether oxygens (including phenoxy) is 2. The summed E-state index contributed by atoms with van der Waals surface area (Å²) in [4.78, 5) is 10.0. The van der Waals surface area contributed by atoms with E-state index in [1.54, 1.807) is 24.3 Å². The molecule has 0 aliphatic carbocycles. The maximum atomic E-state index is 12.6. The van der Waals surface area contributed by atoms with Crippen molar-refractivity contribution in [1.82, 2.24) is 0 Å². The van der Waals surface area contributed by atoms with Crippen LogP contribution < -0.4 is 14.2 Å². The van der Waals surface area contributed by atoms with Crippen molar-refractivity contribution < 1.29 is 22.8 Å². The smallest absolute Gasteiger partial charge is 0.269 e. The molecule has 0 unspecified atom stereocenters. The van der Waals surface area contributed by atoms with Crippen LogP contribution in [0.15, 0.2) is 83.8 Å². The molecule has 0 aromatic heterocycles. The Morgan fingerprint density at radius 2 is 1.45 bits per heavy atom. The number of rotatable bonds is 9. The molecule has 0 atom stereocenters. The van der Waals surface area contributed by atoms with Gasteiger partial charge in [0.15, 0.2) is 0 Å². The Labute approximate surface area is 167 Å². The van der Waals surface area contributed by atoms with Gasteiger partial charge in [-0.05, 0) is 36.4 Å². The molecule has 0 bridgehead atoms. The molecule has 0 aliphatic heterocycles. The highest BCUT2D eigenvalue weighted by Crippen LogP contribution is 2.27. The number of nitro benzene ring substituents is 1. The third kappa shape index (κ3) is 5.45. The van der Waals surface area contributed by atoms with Gasteiger partial charge in [-0.25, -0.2) is 8.42 Å². The number of hydrogen-bond donors (Lipinski definition) is 1. The number of nitrogens with one attached hydrogen (secondary N) is 1. The zero-order chi connectivity index (χ0) is 20.7. The highest BCUT2D eigenvalue weighted by atomic mass is 32.2. The number of nitro groups is 1. The molecule has 1 N–H and O–H groups in total. The summed E-state index contributed by atoms with van der Waals surface area (Å²) in [7, 11) is -3.94. The second-order valence-corrected chi connectivity index (χ2v) is 7.55. The van der Waals surface area contributed by atoms with E-state index in [0.717, 1.165) is 12.1 Å². The lowest BCUT2D eigenvalue weighted by molar-refractivity contribution is -0.384. The van der Waals surface area contributed by atoms with Crippen LogP contribution in [0.2, 0.25) is 0 Å². The fourth-order valence-electron chi connectivity index (χ4n) is 2.46. The first-order valence-corrected chi connectivity index (χ1v) is 10.1. The van der Waals surface area contributed by atoms with Crippen LogP contribution >= 0.6 is 0 Å². The quantitative estimate of drug-likeness (QED) is 0.324. The van der Waals surface area contributed by atoms with Crippen molar-refractivity contribution in [3.63, 3.8) is 0 Å². The van der Waals surface area contributed by atoms with Gasteiger partial charge in [0, 0.05) is 12.1 Å². The molecule has 9 heteroatoms. The summed E-state index contributed by atoms with van der Waals surface area (Å²) >= 11 is 0. The Kier molecular flexibility index (Phi) is 6.30. The molecule has 0 fully saturated rings. The number of non-ortho nitro benzene ring substituents is 1. The molecule has 3 rings (SSSR count). The molecule has 3 aromatic carbocycles. The van der Waals surface area contributed by atoms with E-state index >= 15 is 0 Å². The molecule has 0 aliphatic rings. The van der Waals surface area contributed by atoms with Crippen LogP contribution in [0, 0.1) is 10.1 Å². The summed E-state index contributed by atoms with van der Waals surface area (Å²) in [6.07, 6.45) is 0. The SMILES string of the molecule is O=[N+]([O-])c1ccc(S(=O)(=O)Nc2ccccc2OCCOc2ccccc2)cc1. The van der Waals surface area contributed by atoms with E-state index in [1.165, 1.54) is 12.1 Å². The zero-order valence-electron chi connectivity index (χ0n) is 15.2. The van der Waals surface area contributed by atoms with Gasteiger partial charge in [-0.15, -0.1) is 0 Å². The minimum absolute atomic E-state index is 0.0923. The van der Waals surface area contributed by atoms with Crippen LogP contribution in [0.5, 0.6) is 11.5 Å². The van der Waals surface area contributed by atoms with Crippen LogP contribution in [0.1, 0.15) is 0 Å². The van der Waals surface area contributed by atoms with Gasteiger partial charge >= 0.3 is 0 Å². The molecule has 0 heterocycles. The Morgan fingerprint density at radius 3 is 2.14 bits per heavy atom. The molecular weight excluding hydrogens is 396 g/mol. The summed E-state index contributed by atoms with van der Waals surface area (Å²) in [6.45, 7) is 0.499. The van der Waals surface area contributed by atoms with Crippen LogP contribution in [0.25, 0.3) is 0 Å². The Balaban J connectivity index is 1.65. The Bertz CT molecular complexity index is 1070. The molecule has 29 heavy (non-hydrogen) atoms. The van der Waals surface area contributed by atoms with E-state index in [4.69, 9.17) is 9.47 Å². The fraction of sp³-hybridized carbons (Fsp3) is 0.100. The topological polar surface area (TPSA) is 108 Å². The van der Waals surface area contributed by atoms with Crippen molar-refractivity contribution in [1.29, 1.82) is 0 Å². The summed E-state index contributed by atoms with van der Waals surface area (Å²) in [5.74, 6) is 1.05. The maximum absolute atomic E-state index is 12.6. The van der Waals surface area contributed by atoms with Gasteiger partial charge in [-0.2, -0.15) is 0 Å². The number of sulfonamides is 1. The van der Waals surface area contributed by atoms with E-state index in [9.17, 15) is 18.5 Å². The summed E-state index contributed by atoms with van der Waals surface area (Å²) in [6, 6.07) is 20.5. The Morgan fingerprint density at radius 1 is 0.828 bits per heavy atom. The first-order valence-electron chi connectivity index (χ1n) is 8.63. The number of hydrogen-bond acceptors (Lipinski definition) is 6. The first-order chi connectivity index (χ1) is 14.0. The van der Waals surface area contributed by atoms with Crippen molar-refractivity contribution in [2.24, 2.45) is 0 Å². The summed E-state index contributed by atoms with van der Waals surface area (Å²) in [5, 5.41) is 10.7. The maximum Gasteiger partial charge on any atom is 0.269 e. The third-order valence-electron chi connectivity index (χ3n) is 3.84. The lowest BCUT2D eigenvalue weighted by Gasteiger charge is -2.14. The van der Waals surface area contributed by atoms with Gasteiger partial charge in [0.2, 0.25) is 0 Å². The number of para-hydroxylation sites is 3. The predicted molar refractivity (Wildman–Crippen MR) is 108 cm³/mol. The molecule has 0 saturated heterocycles. The van der Waals surface area contributed by atoms with Crippen molar-refractivity contribution in [2.75, 3.05) is 17.9 Å². The minimum atomic E-state index is -3.94. The highest BCUT2D eigenvalue weighted by Gasteiger charge is 2.18. The predicted octanol–water partition coefficient (Wildman–Crippen LogP) is 3.85. The average molecular weight is 414 g/mol. The van der Waals surface area contributed by atoms with E-state index in [1.807, 2.05) is 30.3 Å². The first kappa shape index (κ1) is 20.2. The second kappa shape index (κ2) is 9.07. The van der Waals surface area contributed by atoms with Crippen LogP contribution in [0.4, 0.5) is 11.4 Å². The minimum Gasteiger partial charge on any atom is -0.490 e. The standard InChI is InChI=1S/C20H18N2O6S/c23-22(24)16-10-12-18(13-11-16)29(25,26)21-19-8-4-5-9-20(19)28-15-14-27-17-6-2-1-3-7-17/h1-13,21H,14-15H2. The monoisotopic (exact) mass is 414 g/mol. The molecule has 0 spiro atoms. The fourth-order valence-corrected chi connectivity index (χ4v) is 3.53. The van der Waals surface area contributed by atoms with Gasteiger partial charge in [0.05, 0.1) is 15.5 Å². The molecule has 150 valence electrons.